The molecule has 0 aliphatic carbocycles. The van der Waals surface area contributed by atoms with Gasteiger partial charge in [-0.05, 0) is 26.8 Å². The summed E-state index contributed by atoms with van der Waals surface area (Å²) >= 11 is 0. The monoisotopic (exact) mass is 226 g/mol. The number of likely N-dealkylation sites (N-methyl/N-ethyl adjacent to an activating group) is 1. The van der Waals surface area contributed by atoms with Gasteiger partial charge < -0.3 is 4.74 Å². The van der Waals surface area contributed by atoms with E-state index in [0.29, 0.717) is 19.6 Å². The largest absolute Gasteiger partial charge is 0.465 e. The highest BCUT2D eigenvalue weighted by Gasteiger charge is 2.25. The fraction of sp³-hybridized carbons (Fsp3) is 0.833. The van der Waals surface area contributed by atoms with Gasteiger partial charge in [-0.1, -0.05) is 13.8 Å². The second-order valence-electron chi connectivity index (χ2n) is 3.79. The average molecular weight is 226 g/mol. The van der Waals surface area contributed by atoms with Crippen molar-refractivity contribution in [1.29, 1.82) is 5.26 Å². The van der Waals surface area contributed by atoms with Gasteiger partial charge in [0.15, 0.2) is 0 Å². The third-order valence-electron chi connectivity index (χ3n) is 2.52. The first-order valence-corrected chi connectivity index (χ1v) is 5.90. The summed E-state index contributed by atoms with van der Waals surface area (Å²) in [5.74, 6) is -0.250. The summed E-state index contributed by atoms with van der Waals surface area (Å²) < 4.78 is 5.03. The fourth-order valence-corrected chi connectivity index (χ4v) is 1.68. The molecule has 0 aliphatic rings. The van der Waals surface area contributed by atoms with Crippen LogP contribution in [0.2, 0.25) is 0 Å². The first-order valence-electron chi connectivity index (χ1n) is 5.90. The Bertz CT molecular complexity index is 248. The molecule has 0 spiro atoms. The van der Waals surface area contributed by atoms with E-state index in [4.69, 9.17) is 10.00 Å². The highest BCUT2D eigenvalue weighted by Crippen LogP contribution is 2.09. The van der Waals surface area contributed by atoms with Crippen molar-refractivity contribution < 1.29 is 9.53 Å². The van der Waals surface area contributed by atoms with Crippen LogP contribution in [0.3, 0.4) is 0 Å². The van der Waals surface area contributed by atoms with Crippen molar-refractivity contribution in [3.05, 3.63) is 0 Å². The Morgan fingerprint density at radius 1 is 1.44 bits per heavy atom. The van der Waals surface area contributed by atoms with Gasteiger partial charge in [-0.25, -0.2) is 0 Å². The minimum absolute atomic E-state index is 0.0663. The van der Waals surface area contributed by atoms with Crippen LogP contribution in [-0.2, 0) is 9.53 Å². The molecule has 0 N–H and O–H groups in total. The summed E-state index contributed by atoms with van der Waals surface area (Å²) in [4.78, 5) is 13.7. The van der Waals surface area contributed by atoms with Crippen molar-refractivity contribution in [3.8, 4) is 6.07 Å². The zero-order valence-corrected chi connectivity index (χ0v) is 10.7. The van der Waals surface area contributed by atoms with Crippen LogP contribution < -0.4 is 0 Å². The fourth-order valence-electron chi connectivity index (χ4n) is 1.68. The molecule has 92 valence electrons. The van der Waals surface area contributed by atoms with Crippen molar-refractivity contribution >= 4 is 5.97 Å². The third-order valence-corrected chi connectivity index (χ3v) is 2.52. The van der Waals surface area contributed by atoms with E-state index in [1.807, 2.05) is 25.7 Å². The van der Waals surface area contributed by atoms with Gasteiger partial charge in [0.2, 0.25) is 0 Å². The zero-order chi connectivity index (χ0) is 12.6. The van der Waals surface area contributed by atoms with Crippen LogP contribution >= 0.6 is 0 Å². The number of carbonyl (C=O) groups excluding carboxylic acids is 1. The molecule has 0 heterocycles. The van der Waals surface area contributed by atoms with Crippen LogP contribution in [0.15, 0.2) is 0 Å². The van der Waals surface area contributed by atoms with Crippen molar-refractivity contribution in [2.24, 2.45) is 5.92 Å². The average Bonchev–Trinajstić information content (AvgIpc) is 2.28. The van der Waals surface area contributed by atoms with Crippen molar-refractivity contribution in [2.45, 2.75) is 40.2 Å². The highest BCUT2D eigenvalue weighted by atomic mass is 16.5. The quantitative estimate of drug-likeness (QED) is 0.621. The van der Waals surface area contributed by atoms with Crippen LogP contribution in [0.4, 0.5) is 0 Å². The van der Waals surface area contributed by atoms with Gasteiger partial charge in [0.05, 0.1) is 18.6 Å². The molecule has 0 saturated heterocycles. The molecule has 0 amide bonds. The first-order chi connectivity index (χ1) is 7.60. The first kappa shape index (κ1) is 14.9. The number of hydrogen-bond acceptors (Lipinski definition) is 4. The van der Waals surface area contributed by atoms with Gasteiger partial charge in [0.1, 0.15) is 6.04 Å². The molecule has 0 aromatic carbocycles. The Morgan fingerprint density at radius 3 is 2.44 bits per heavy atom. The van der Waals surface area contributed by atoms with Crippen molar-refractivity contribution in [3.63, 3.8) is 0 Å². The Morgan fingerprint density at radius 2 is 2.06 bits per heavy atom. The van der Waals surface area contributed by atoms with E-state index in [-0.39, 0.29) is 17.9 Å². The number of esters is 1. The lowest BCUT2D eigenvalue weighted by Crippen LogP contribution is -2.43. The summed E-state index contributed by atoms with van der Waals surface area (Å²) in [6.45, 7) is 9.39. The Balaban J connectivity index is 4.50. The predicted molar refractivity (Wildman–Crippen MR) is 62.7 cm³/mol. The normalized spacial score (nSPS) is 14.2. The van der Waals surface area contributed by atoms with E-state index in [1.54, 1.807) is 6.92 Å². The van der Waals surface area contributed by atoms with Gasteiger partial charge in [0.25, 0.3) is 0 Å². The molecule has 4 heteroatoms. The maximum Gasteiger partial charge on any atom is 0.323 e. The summed E-state index contributed by atoms with van der Waals surface area (Å²) in [5, 5.41) is 8.78. The van der Waals surface area contributed by atoms with E-state index < -0.39 is 0 Å². The topological polar surface area (TPSA) is 53.3 Å². The summed E-state index contributed by atoms with van der Waals surface area (Å²) in [6, 6.07) is 1.96. The van der Waals surface area contributed by atoms with Crippen LogP contribution in [0.5, 0.6) is 0 Å². The second-order valence-corrected chi connectivity index (χ2v) is 3.79. The molecule has 0 bridgehead atoms. The molecule has 0 saturated carbocycles. The maximum atomic E-state index is 11.7. The smallest absolute Gasteiger partial charge is 0.323 e. The highest BCUT2D eigenvalue weighted by molar-refractivity contribution is 5.75. The van der Waals surface area contributed by atoms with Crippen LogP contribution in [0.1, 0.15) is 34.1 Å². The zero-order valence-electron chi connectivity index (χ0n) is 10.7. The van der Waals surface area contributed by atoms with Gasteiger partial charge in [0, 0.05) is 6.54 Å². The molecule has 2 atom stereocenters. The number of carbonyl (C=O) groups is 1. The molecule has 0 fully saturated rings. The second kappa shape index (κ2) is 8.12. The van der Waals surface area contributed by atoms with Gasteiger partial charge >= 0.3 is 5.97 Å². The minimum Gasteiger partial charge on any atom is -0.465 e. The molecule has 4 nitrogen and oxygen atoms in total. The Hall–Kier alpha value is -1.08. The lowest BCUT2D eigenvalue weighted by Gasteiger charge is -2.28. The van der Waals surface area contributed by atoms with Gasteiger partial charge in [-0.15, -0.1) is 0 Å². The molecule has 0 aromatic rings. The van der Waals surface area contributed by atoms with Crippen molar-refractivity contribution in [1.82, 2.24) is 4.90 Å². The third kappa shape index (κ3) is 4.63. The molecule has 0 aromatic heterocycles. The van der Waals surface area contributed by atoms with E-state index in [9.17, 15) is 4.79 Å². The molecule has 2 unspecified atom stereocenters. The maximum absolute atomic E-state index is 11.7. The summed E-state index contributed by atoms with van der Waals surface area (Å²) in [6.07, 6.45) is 0.713. The Kier molecular flexibility index (Phi) is 7.57. The minimum atomic E-state index is -0.222. The molecular weight excluding hydrogens is 204 g/mol. The van der Waals surface area contributed by atoms with Crippen molar-refractivity contribution in [2.75, 3.05) is 19.7 Å². The van der Waals surface area contributed by atoms with Crippen LogP contribution in [0.25, 0.3) is 0 Å². The SMILES string of the molecule is CCOC(=O)C(CC)N(CC)CC(C)C#N. The van der Waals surface area contributed by atoms with E-state index >= 15 is 0 Å². The van der Waals surface area contributed by atoms with E-state index in [1.165, 1.54) is 0 Å². The molecular formula is C12H22N2O2. The van der Waals surface area contributed by atoms with E-state index in [2.05, 4.69) is 6.07 Å². The van der Waals surface area contributed by atoms with Crippen LogP contribution in [-0.4, -0.2) is 36.6 Å². The van der Waals surface area contributed by atoms with Crippen LogP contribution in [0, 0.1) is 17.2 Å². The molecule has 0 aliphatic heterocycles. The number of nitriles is 1. The lowest BCUT2D eigenvalue weighted by molar-refractivity contribution is -0.149. The molecule has 0 rings (SSSR count). The predicted octanol–water partition coefficient (Wildman–Crippen LogP) is 1.81. The number of nitrogens with zero attached hydrogens (tertiary/aromatic N) is 2. The molecule has 16 heavy (non-hydrogen) atoms. The molecule has 0 radical (unpaired) electrons. The van der Waals surface area contributed by atoms with Gasteiger partial charge in [-0.2, -0.15) is 5.26 Å². The summed E-state index contributed by atoms with van der Waals surface area (Å²) in [7, 11) is 0. The standard InChI is InChI=1S/C12H22N2O2/c1-5-11(12(15)16-7-3)14(6-2)9-10(4)8-13/h10-11H,5-7,9H2,1-4H3. The van der Waals surface area contributed by atoms with E-state index in [0.717, 1.165) is 6.54 Å². The lowest BCUT2D eigenvalue weighted by atomic mass is 10.1. The number of ether oxygens (including phenoxy) is 1. The summed E-state index contributed by atoms with van der Waals surface area (Å²) in [5.41, 5.74) is 0. The Labute approximate surface area is 98.2 Å². The van der Waals surface area contributed by atoms with Gasteiger partial charge in [-0.3, -0.25) is 9.69 Å². The number of hydrogen-bond donors (Lipinski definition) is 0. The number of rotatable bonds is 7.